The van der Waals surface area contributed by atoms with Crippen LogP contribution in [0.2, 0.25) is 0 Å². The van der Waals surface area contributed by atoms with Crippen molar-refractivity contribution >= 4 is 5.97 Å². The molecule has 0 aromatic rings. The molecule has 0 saturated carbocycles. The van der Waals surface area contributed by atoms with Gasteiger partial charge in [-0.3, -0.25) is 4.79 Å². The molecule has 0 aromatic carbocycles. The molecular weight excluding hydrogens is 346 g/mol. The van der Waals surface area contributed by atoms with E-state index in [0.717, 1.165) is 6.42 Å². The highest BCUT2D eigenvalue weighted by atomic mass is 16.5. The van der Waals surface area contributed by atoms with Gasteiger partial charge in [-0.25, -0.2) is 0 Å². The summed E-state index contributed by atoms with van der Waals surface area (Å²) in [4.78, 5) is 13.8. The fraction of sp³-hybridized carbons (Fsp3) is 0.960. The molecule has 168 valence electrons. The molecule has 28 heavy (non-hydrogen) atoms. The van der Waals surface area contributed by atoms with Gasteiger partial charge >= 0.3 is 5.97 Å². The SMILES string of the molecule is CCCCCCCCN(CCCCCCCC)CCCCCCOC(=O)CC. The minimum atomic E-state index is -0.0657. The number of rotatable bonds is 22. The number of esters is 1. The van der Waals surface area contributed by atoms with Gasteiger partial charge in [-0.15, -0.1) is 0 Å². The molecule has 0 aliphatic carbocycles. The van der Waals surface area contributed by atoms with Crippen LogP contribution in [0, 0.1) is 0 Å². The average Bonchev–Trinajstić information content (AvgIpc) is 2.71. The summed E-state index contributed by atoms with van der Waals surface area (Å²) in [5.41, 5.74) is 0. The first-order valence-corrected chi connectivity index (χ1v) is 12.6. The van der Waals surface area contributed by atoms with Gasteiger partial charge < -0.3 is 9.64 Å². The molecule has 0 saturated heterocycles. The second kappa shape index (κ2) is 22.7. The first-order valence-electron chi connectivity index (χ1n) is 12.6. The first-order chi connectivity index (χ1) is 13.7. The predicted molar refractivity (Wildman–Crippen MR) is 123 cm³/mol. The smallest absolute Gasteiger partial charge is 0.305 e. The Bertz CT molecular complexity index is 304. The van der Waals surface area contributed by atoms with E-state index in [1.807, 2.05) is 6.92 Å². The zero-order valence-corrected chi connectivity index (χ0v) is 19.6. The van der Waals surface area contributed by atoms with Crippen LogP contribution in [0.25, 0.3) is 0 Å². The maximum Gasteiger partial charge on any atom is 0.305 e. The summed E-state index contributed by atoms with van der Waals surface area (Å²) in [6.45, 7) is 10.9. The van der Waals surface area contributed by atoms with Crippen molar-refractivity contribution in [3.8, 4) is 0 Å². The number of carbonyl (C=O) groups is 1. The van der Waals surface area contributed by atoms with Crippen LogP contribution in [0.4, 0.5) is 0 Å². The lowest BCUT2D eigenvalue weighted by molar-refractivity contribution is -0.143. The molecule has 0 N–H and O–H groups in total. The van der Waals surface area contributed by atoms with E-state index in [4.69, 9.17) is 4.74 Å². The number of hydrogen-bond acceptors (Lipinski definition) is 3. The van der Waals surface area contributed by atoms with Gasteiger partial charge in [0, 0.05) is 6.42 Å². The summed E-state index contributed by atoms with van der Waals surface area (Å²) in [6, 6.07) is 0. The molecule has 0 spiro atoms. The summed E-state index contributed by atoms with van der Waals surface area (Å²) < 4.78 is 5.16. The van der Waals surface area contributed by atoms with E-state index in [2.05, 4.69) is 18.7 Å². The quantitative estimate of drug-likeness (QED) is 0.140. The van der Waals surface area contributed by atoms with E-state index in [0.29, 0.717) is 13.0 Å². The standard InChI is InChI=1S/C25H51NO2/c1-4-7-9-11-13-17-21-26(22-18-14-12-10-8-5-2)23-19-15-16-20-24-28-25(27)6-3/h4-24H2,1-3H3. The van der Waals surface area contributed by atoms with Crippen LogP contribution >= 0.6 is 0 Å². The van der Waals surface area contributed by atoms with Crippen LogP contribution < -0.4 is 0 Å². The third-order valence-corrected chi connectivity index (χ3v) is 5.58. The zero-order valence-electron chi connectivity index (χ0n) is 19.6. The topological polar surface area (TPSA) is 29.5 Å². The predicted octanol–water partition coefficient (Wildman–Crippen LogP) is 7.52. The highest BCUT2D eigenvalue weighted by Crippen LogP contribution is 2.10. The summed E-state index contributed by atoms with van der Waals surface area (Å²) >= 11 is 0. The molecule has 0 unspecified atom stereocenters. The molecule has 0 heterocycles. The number of hydrogen-bond donors (Lipinski definition) is 0. The van der Waals surface area contributed by atoms with Crippen molar-refractivity contribution in [1.29, 1.82) is 0 Å². The lowest BCUT2D eigenvalue weighted by Crippen LogP contribution is -2.27. The molecule has 0 aliphatic rings. The van der Waals surface area contributed by atoms with Crippen LogP contribution in [0.5, 0.6) is 0 Å². The second-order valence-electron chi connectivity index (χ2n) is 8.37. The van der Waals surface area contributed by atoms with Crippen molar-refractivity contribution < 1.29 is 9.53 Å². The minimum Gasteiger partial charge on any atom is -0.466 e. The average molecular weight is 398 g/mol. The Balaban J connectivity index is 3.83. The molecule has 3 nitrogen and oxygen atoms in total. The highest BCUT2D eigenvalue weighted by molar-refractivity contribution is 5.68. The lowest BCUT2D eigenvalue weighted by atomic mass is 10.1. The van der Waals surface area contributed by atoms with Gasteiger partial charge in [0.15, 0.2) is 0 Å². The van der Waals surface area contributed by atoms with Crippen LogP contribution in [-0.2, 0) is 9.53 Å². The monoisotopic (exact) mass is 397 g/mol. The van der Waals surface area contributed by atoms with Gasteiger partial charge in [-0.05, 0) is 45.3 Å². The Morgan fingerprint density at radius 1 is 0.571 bits per heavy atom. The highest BCUT2D eigenvalue weighted by Gasteiger charge is 2.05. The maximum atomic E-state index is 11.1. The molecule has 0 fully saturated rings. The molecule has 0 rings (SSSR count). The maximum absolute atomic E-state index is 11.1. The Labute approximate surface area is 177 Å². The summed E-state index contributed by atoms with van der Waals surface area (Å²) in [6.07, 6.45) is 21.9. The van der Waals surface area contributed by atoms with E-state index in [1.54, 1.807) is 0 Å². The van der Waals surface area contributed by atoms with Crippen molar-refractivity contribution in [2.75, 3.05) is 26.2 Å². The molecule has 3 heteroatoms. The van der Waals surface area contributed by atoms with Gasteiger partial charge in [-0.2, -0.15) is 0 Å². The van der Waals surface area contributed by atoms with Crippen LogP contribution in [-0.4, -0.2) is 37.1 Å². The van der Waals surface area contributed by atoms with E-state index in [9.17, 15) is 4.79 Å². The molecule has 0 atom stereocenters. The summed E-state index contributed by atoms with van der Waals surface area (Å²) in [5, 5.41) is 0. The largest absolute Gasteiger partial charge is 0.466 e. The molecule has 0 aliphatic heterocycles. The van der Waals surface area contributed by atoms with Crippen molar-refractivity contribution in [3.63, 3.8) is 0 Å². The Morgan fingerprint density at radius 2 is 0.964 bits per heavy atom. The molecule has 0 amide bonds. The van der Waals surface area contributed by atoms with Crippen molar-refractivity contribution in [2.45, 2.75) is 130 Å². The van der Waals surface area contributed by atoms with E-state index >= 15 is 0 Å². The van der Waals surface area contributed by atoms with Gasteiger partial charge in [0.2, 0.25) is 0 Å². The number of carbonyl (C=O) groups excluding carboxylic acids is 1. The van der Waals surface area contributed by atoms with Crippen molar-refractivity contribution in [1.82, 2.24) is 4.90 Å². The summed E-state index contributed by atoms with van der Waals surface area (Å²) in [7, 11) is 0. The zero-order chi connectivity index (χ0) is 20.7. The normalized spacial score (nSPS) is 11.3. The van der Waals surface area contributed by atoms with Crippen molar-refractivity contribution in [2.24, 2.45) is 0 Å². The second-order valence-corrected chi connectivity index (χ2v) is 8.37. The van der Waals surface area contributed by atoms with E-state index in [1.165, 1.54) is 116 Å². The number of unbranched alkanes of at least 4 members (excludes halogenated alkanes) is 13. The Hall–Kier alpha value is -0.570. The third kappa shape index (κ3) is 20.2. The van der Waals surface area contributed by atoms with Crippen LogP contribution in [0.15, 0.2) is 0 Å². The fourth-order valence-electron chi connectivity index (χ4n) is 3.65. The number of ether oxygens (including phenoxy) is 1. The Kier molecular flexibility index (Phi) is 22.3. The van der Waals surface area contributed by atoms with Gasteiger partial charge in [0.05, 0.1) is 6.61 Å². The van der Waals surface area contributed by atoms with E-state index < -0.39 is 0 Å². The lowest BCUT2D eigenvalue weighted by Gasteiger charge is -2.22. The third-order valence-electron chi connectivity index (χ3n) is 5.58. The van der Waals surface area contributed by atoms with Crippen LogP contribution in [0.1, 0.15) is 130 Å². The van der Waals surface area contributed by atoms with E-state index in [-0.39, 0.29) is 5.97 Å². The molecule has 0 aromatic heterocycles. The van der Waals surface area contributed by atoms with Crippen molar-refractivity contribution in [3.05, 3.63) is 0 Å². The molecule has 0 bridgehead atoms. The first kappa shape index (κ1) is 27.4. The minimum absolute atomic E-state index is 0.0657. The number of nitrogens with zero attached hydrogens (tertiary/aromatic N) is 1. The molecular formula is C25H51NO2. The Morgan fingerprint density at radius 3 is 1.39 bits per heavy atom. The summed E-state index contributed by atoms with van der Waals surface area (Å²) in [5.74, 6) is -0.0657. The fourth-order valence-corrected chi connectivity index (χ4v) is 3.65. The van der Waals surface area contributed by atoms with Gasteiger partial charge in [-0.1, -0.05) is 97.8 Å². The van der Waals surface area contributed by atoms with Gasteiger partial charge in [0.25, 0.3) is 0 Å². The molecule has 0 radical (unpaired) electrons. The van der Waals surface area contributed by atoms with Crippen LogP contribution in [0.3, 0.4) is 0 Å². The van der Waals surface area contributed by atoms with Gasteiger partial charge in [0.1, 0.15) is 0 Å².